The first-order chi connectivity index (χ1) is 12.4. The highest BCUT2D eigenvalue weighted by atomic mass is 35.5. The van der Waals surface area contributed by atoms with Gasteiger partial charge in [0.2, 0.25) is 0 Å². The Morgan fingerprint density at radius 1 is 1.07 bits per heavy atom. The molecule has 27 heavy (non-hydrogen) atoms. The molecule has 2 aromatic carbocycles. The molecule has 1 aliphatic carbocycles. The van der Waals surface area contributed by atoms with Gasteiger partial charge in [0.1, 0.15) is 0 Å². The van der Waals surface area contributed by atoms with Crippen molar-refractivity contribution < 1.29 is 4.79 Å². The summed E-state index contributed by atoms with van der Waals surface area (Å²) in [4.78, 5) is 17.7. The van der Waals surface area contributed by atoms with Crippen molar-refractivity contribution in [3.05, 3.63) is 70.4 Å². The molecule has 3 nitrogen and oxygen atoms in total. The van der Waals surface area contributed by atoms with Gasteiger partial charge in [-0.1, -0.05) is 55.8 Å². The number of rotatable bonds is 3. The summed E-state index contributed by atoms with van der Waals surface area (Å²) in [6.07, 6.45) is 1.37. The van der Waals surface area contributed by atoms with E-state index in [9.17, 15) is 4.79 Å². The van der Waals surface area contributed by atoms with E-state index in [0.717, 1.165) is 44.9 Å². The Labute approximate surface area is 170 Å². The fourth-order valence-electron chi connectivity index (χ4n) is 3.71. The lowest BCUT2D eigenvalue weighted by molar-refractivity contribution is 0.0911. The zero-order valence-corrected chi connectivity index (χ0v) is 17.0. The highest BCUT2D eigenvalue weighted by Crippen LogP contribution is 2.39. The van der Waals surface area contributed by atoms with Gasteiger partial charge in [-0.05, 0) is 35.6 Å². The monoisotopic (exact) mass is 400 g/mol. The molecule has 1 aliphatic rings. The molecule has 0 saturated carbocycles. The molecule has 0 aliphatic heterocycles. The second-order valence-corrected chi connectivity index (χ2v) is 8.18. The quantitative estimate of drug-likeness (QED) is 0.579. The minimum atomic E-state index is -0.0486. The Bertz CT molecular complexity index is 997. The van der Waals surface area contributed by atoms with Crippen LogP contribution in [0.5, 0.6) is 0 Å². The van der Waals surface area contributed by atoms with Gasteiger partial charge in [-0.3, -0.25) is 9.78 Å². The molecule has 0 atom stereocenters. The summed E-state index contributed by atoms with van der Waals surface area (Å²) in [6, 6.07) is 15.8. The number of hydrogen-bond donors (Lipinski definition) is 1. The number of carbonyl (C=O) groups excluding carboxylic acids is 1. The molecule has 0 bridgehead atoms. The summed E-state index contributed by atoms with van der Waals surface area (Å²) in [6.45, 7) is 4.89. The van der Waals surface area contributed by atoms with E-state index in [0.29, 0.717) is 13.0 Å². The number of aromatic nitrogens is 1. The lowest BCUT2D eigenvalue weighted by Crippen LogP contribution is -2.29. The van der Waals surface area contributed by atoms with Crippen molar-refractivity contribution in [1.82, 2.24) is 4.98 Å². The molecule has 0 unspecified atom stereocenters. The number of fused-ring (bicyclic) bond motifs is 2. The number of hydrogen-bond acceptors (Lipinski definition) is 3. The van der Waals surface area contributed by atoms with E-state index in [-0.39, 0.29) is 23.6 Å². The lowest BCUT2D eigenvalue weighted by atomic mass is 9.75. The number of ketones is 1. The molecule has 140 valence electrons. The predicted octanol–water partition coefficient (Wildman–Crippen LogP) is 6.08. The standard InChI is InChI=1S/C22H21ClN2O.ClH/c1-22(2)11-18-20(19(26)12-22)21(16-5-3-4-6-17(16)25-18)24-13-14-7-9-15(23)10-8-14;/h3-10H,11-13H2,1-2H3,(H,24,25);1H. The van der Waals surface area contributed by atoms with E-state index in [1.807, 2.05) is 48.5 Å². The number of para-hydroxylation sites is 1. The third kappa shape index (κ3) is 3.95. The average Bonchev–Trinajstić information content (AvgIpc) is 2.59. The number of nitrogens with one attached hydrogen (secondary N) is 1. The van der Waals surface area contributed by atoms with Gasteiger partial charge in [-0.15, -0.1) is 12.4 Å². The van der Waals surface area contributed by atoms with Crippen molar-refractivity contribution in [1.29, 1.82) is 0 Å². The molecule has 1 aromatic heterocycles. The summed E-state index contributed by atoms with van der Waals surface area (Å²) >= 11 is 5.97. The summed E-state index contributed by atoms with van der Waals surface area (Å²) in [5.74, 6) is 0.174. The third-order valence-electron chi connectivity index (χ3n) is 4.91. The lowest BCUT2D eigenvalue weighted by Gasteiger charge is -2.31. The Morgan fingerprint density at radius 3 is 2.52 bits per heavy atom. The first-order valence-corrected chi connectivity index (χ1v) is 9.24. The molecule has 5 heteroatoms. The van der Waals surface area contributed by atoms with Gasteiger partial charge in [0.05, 0.1) is 22.5 Å². The van der Waals surface area contributed by atoms with E-state index in [2.05, 4.69) is 19.2 Å². The topological polar surface area (TPSA) is 42.0 Å². The second kappa shape index (κ2) is 7.49. The molecule has 0 fully saturated rings. The Hall–Kier alpha value is -2.10. The van der Waals surface area contributed by atoms with Crippen LogP contribution in [0.25, 0.3) is 10.9 Å². The van der Waals surface area contributed by atoms with E-state index in [1.165, 1.54) is 0 Å². The molecule has 1 N–H and O–H groups in total. The number of pyridine rings is 1. The minimum Gasteiger partial charge on any atom is -0.380 e. The first kappa shape index (κ1) is 19.7. The maximum Gasteiger partial charge on any atom is 0.167 e. The van der Waals surface area contributed by atoms with Gasteiger partial charge in [-0.25, -0.2) is 0 Å². The highest BCUT2D eigenvalue weighted by molar-refractivity contribution is 6.30. The van der Waals surface area contributed by atoms with Gasteiger partial charge in [0.15, 0.2) is 5.78 Å². The van der Waals surface area contributed by atoms with Crippen LogP contribution < -0.4 is 5.32 Å². The fourth-order valence-corrected chi connectivity index (χ4v) is 3.83. The largest absolute Gasteiger partial charge is 0.380 e. The second-order valence-electron chi connectivity index (χ2n) is 7.75. The first-order valence-electron chi connectivity index (χ1n) is 8.86. The van der Waals surface area contributed by atoms with Gasteiger partial charge in [-0.2, -0.15) is 0 Å². The molecular weight excluding hydrogens is 379 g/mol. The molecular formula is C22H22Cl2N2O. The van der Waals surface area contributed by atoms with Gasteiger partial charge in [0.25, 0.3) is 0 Å². The number of nitrogens with zero attached hydrogens (tertiary/aromatic N) is 1. The average molecular weight is 401 g/mol. The van der Waals surface area contributed by atoms with Crippen molar-refractivity contribution in [3.8, 4) is 0 Å². The zero-order valence-electron chi connectivity index (χ0n) is 15.4. The van der Waals surface area contributed by atoms with Crippen molar-refractivity contribution in [2.75, 3.05) is 5.32 Å². The van der Waals surface area contributed by atoms with Gasteiger partial charge in [0, 0.05) is 23.4 Å². The maximum atomic E-state index is 12.9. The zero-order chi connectivity index (χ0) is 18.3. The van der Waals surface area contributed by atoms with E-state index < -0.39 is 0 Å². The van der Waals surface area contributed by atoms with Gasteiger partial charge < -0.3 is 5.32 Å². The number of halogens is 2. The predicted molar refractivity (Wildman–Crippen MR) is 114 cm³/mol. The molecule has 0 spiro atoms. The molecule has 1 heterocycles. The Morgan fingerprint density at radius 2 is 1.78 bits per heavy atom. The number of anilines is 1. The molecule has 3 aromatic rings. The van der Waals surface area contributed by atoms with Crippen LogP contribution in [0.4, 0.5) is 5.69 Å². The fraction of sp³-hybridized carbons (Fsp3) is 0.273. The third-order valence-corrected chi connectivity index (χ3v) is 5.17. The van der Waals surface area contributed by atoms with Gasteiger partial charge >= 0.3 is 0 Å². The van der Waals surface area contributed by atoms with Crippen LogP contribution in [0.3, 0.4) is 0 Å². The van der Waals surface area contributed by atoms with Crippen molar-refractivity contribution in [3.63, 3.8) is 0 Å². The smallest absolute Gasteiger partial charge is 0.167 e. The van der Waals surface area contributed by atoms with Crippen LogP contribution in [-0.2, 0) is 13.0 Å². The van der Waals surface area contributed by atoms with Crippen molar-refractivity contribution in [2.45, 2.75) is 33.2 Å². The summed E-state index contributed by atoms with van der Waals surface area (Å²) in [5, 5.41) is 5.22. The molecule has 0 amide bonds. The molecule has 0 saturated heterocycles. The number of benzene rings is 2. The highest BCUT2D eigenvalue weighted by Gasteiger charge is 2.34. The van der Waals surface area contributed by atoms with Crippen LogP contribution in [0.2, 0.25) is 5.02 Å². The van der Waals surface area contributed by atoms with Crippen molar-refractivity contribution >= 4 is 46.4 Å². The SMILES string of the molecule is CC1(C)CC(=O)c2c(nc3ccccc3c2NCc2ccc(Cl)cc2)C1.Cl. The van der Waals surface area contributed by atoms with Crippen LogP contribution in [-0.4, -0.2) is 10.8 Å². The normalized spacial score (nSPS) is 15.1. The molecule has 4 rings (SSSR count). The van der Waals surface area contributed by atoms with E-state index in [1.54, 1.807) is 0 Å². The van der Waals surface area contributed by atoms with Crippen LogP contribution >= 0.6 is 24.0 Å². The Balaban J connectivity index is 0.00000210. The number of Topliss-reactive ketones (excluding diaryl/α,β-unsaturated/α-hetero) is 1. The number of carbonyl (C=O) groups is 1. The summed E-state index contributed by atoms with van der Waals surface area (Å²) in [5.41, 5.74) is 4.57. The van der Waals surface area contributed by atoms with Crippen LogP contribution in [0, 0.1) is 5.41 Å². The van der Waals surface area contributed by atoms with Crippen LogP contribution in [0.1, 0.15) is 41.9 Å². The van der Waals surface area contributed by atoms with E-state index in [4.69, 9.17) is 16.6 Å². The minimum absolute atomic E-state index is 0. The summed E-state index contributed by atoms with van der Waals surface area (Å²) in [7, 11) is 0. The maximum absolute atomic E-state index is 12.9. The van der Waals surface area contributed by atoms with Crippen LogP contribution in [0.15, 0.2) is 48.5 Å². The Kier molecular flexibility index (Phi) is 5.45. The molecule has 0 radical (unpaired) electrons. The summed E-state index contributed by atoms with van der Waals surface area (Å²) < 4.78 is 0. The van der Waals surface area contributed by atoms with Crippen molar-refractivity contribution in [2.24, 2.45) is 5.41 Å². The van der Waals surface area contributed by atoms with E-state index >= 15 is 0 Å².